The summed E-state index contributed by atoms with van der Waals surface area (Å²) >= 11 is 0. The van der Waals surface area contributed by atoms with Crippen molar-refractivity contribution in [2.75, 3.05) is 20.3 Å². The minimum Gasteiger partial charge on any atom is -0.385 e. The van der Waals surface area contributed by atoms with Gasteiger partial charge in [-0.05, 0) is 36.2 Å². The lowest BCUT2D eigenvalue weighted by atomic mass is 10.2. The molecule has 156 valence electrons. The summed E-state index contributed by atoms with van der Waals surface area (Å²) in [4.78, 5) is 38.5. The number of methoxy groups -OCH3 is 1. The van der Waals surface area contributed by atoms with Crippen LogP contribution < -0.4 is 16.6 Å². The highest BCUT2D eigenvalue weighted by Crippen LogP contribution is 2.05. The predicted molar refractivity (Wildman–Crippen MR) is 108 cm³/mol. The number of para-hydroxylation sites is 1. The van der Waals surface area contributed by atoms with Gasteiger partial charge in [0.25, 0.3) is 11.5 Å². The molecule has 3 aromatic rings. The quantitative estimate of drug-likeness (QED) is 0.564. The molecule has 1 N–H and O–H groups in total. The second kappa shape index (κ2) is 9.75. The number of nitrogens with one attached hydrogen (secondary N) is 1. The SMILES string of the molecule is COCCCNC(=O)c1nn(-c2ccccc2)c(=O)n(Cc2cccc(F)c2)c1=O. The van der Waals surface area contributed by atoms with E-state index in [2.05, 4.69) is 10.4 Å². The van der Waals surface area contributed by atoms with E-state index < -0.39 is 28.7 Å². The van der Waals surface area contributed by atoms with Crippen molar-refractivity contribution in [1.29, 1.82) is 0 Å². The average molecular weight is 412 g/mol. The van der Waals surface area contributed by atoms with E-state index in [0.717, 1.165) is 9.25 Å². The largest absolute Gasteiger partial charge is 0.385 e. The van der Waals surface area contributed by atoms with Crippen LogP contribution in [0.4, 0.5) is 4.39 Å². The molecule has 30 heavy (non-hydrogen) atoms. The molecule has 0 aliphatic rings. The van der Waals surface area contributed by atoms with Gasteiger partial charge >= 0.3 is 5.69 Å². The van der Waals surface area contributed by atoms with Crippen molar-refractivity contribution in [3.8, 4) is 5.69 Å². The molecule has 1 aromatic heterocycles. The van der Waals surface area contributed by atoms with Gasteiger partial charge in [0, 0.05) is 20.3 Å². The van der Waals surface area contributed by atoms with Gasteiger partial charge in [0.05, 0.1) is 12.2 Å². The smallest absolute Gasteiger partial charge is 0.352 e. The van der Waals surface area contributed by atoms with Gasteiger partial charge in [-0.15, -0.1) is 0 Å². The second-order valence-corrected chi connectivity index (χ2v) is 6.50. The van der Waals surface area contributed by atoms with E-state index in [4.69, 9.17) is 4.74 Å². The number of carbonyl (C=O) groups excluding carboxylic acids is 1. The molecule has 0 saturated carbocycles. The molecule has 0 unspecified atom stereocenters. The van der Waals surface area contributed by atoms with Gasteiger partial charge in [-0.3, -0.25) is 14.2 Å². The molecule has 3 rings (SSSR count). The number of ether oxygens (including phenoxy) is 1. The van der Waals surface area contributed by atoms with Gasteiger partial charge in [0.1, 0.15) is 5.82 Å². The summed E-state index contributed by atoms with van der Waals surface area (Å²) in [5, 5.41) is 6.62. The number of nitrogens with zero attached hydrogens (tertiary/aromatic N) is 3. The van der Waals surface area contributed by atoms with E-state index in [1.807, 2.05) is 0 Å². The lowest BCUT2D eigenvalue weighted by molar-refractivity contribution is 0.0938. The van der Waals surface area contributed by atoms with Crippen LogP contribution in [0, 0.1) is 5.82 Å². The van der Waals surface area contributed by atoms with E-state index in [1.54, 1.807) is 43.5 Å². The molecule has 0 bridgehead atoms. The van der Waals surface area contributed by atoms with E-state index >= 15 is 0 Å². The zero-order chi connectivity index (χ0) is 21.5. The van der Waals surface area contributed by atoms with Crippen LogP contribution in [0.15, 0.2) is 64.2 Å². The Bertz CT molecular complexity index is 1140. The molecular formula is C21H21FN4O4. The van der Waals surface area contributed by atoms with Crippen LogP contribution in [-0.4, -0.2) is 40.5 Å². The van der Waals surface area contributed by atoms with Gasteiger partial charge < -0.3 is 10.1 Å². The Labute approximate surface area is 171 Å². The van der Waals surface area contributed by atoms with Gasteiger partial charge in [-0.25, -0.2) is 9.18 Å². The molecule has 0 radical (unpaired) electrons. The maximum absolute atomic E-state index is 13.6. The van der Waals surface area contributed by atoms with E-state index in [9.17, 15) is 18.8 Å². The van der Waals surface area contributed by atoms with Gasteiger partial charge in [-0.2, -0.15) is 9.78 Å². The normalized spacial score (nSPS) is 10.7. The third kappa shape index (κ3) is 4.87. The molecule has 0 atom stereocenters. The van der Waals surface area contributed by atoms with Crippen molar-refractivity contribution in [2.24, 2.45) is 0 Å². The first-order valence-electron chi connectivity index (χ1n) is 9.32. The molecule has 0 fully saturated rings. The molecule has 1 amide bonds. The lowest BCUT2D eigenvalue weighted by Crippen LogP contribution is -2.46. The second-order valence-electron chi connectivity index (χ2n) is 6.50. The Kier molecular flexibility index (Phi) is 6.87. The molecule has 0 aliphatic carbocycles. The minimum absolute atomic E-state index is 0.200. The Balaban J connectivity index is 2.07. The minimum atomic E-state index is -0.847. The first-order chi connectivity index (χ1) is 14.5. The number of hydrogen-bond donors (Lipinski definition) is 1. The molecule has 0 saturated heterocycles. The highest BCUT2D eigenvalue weighted by atomic mass is 19.1. The number of halogens is 1. The first-order valence-corrected chi connectivity index (χ1v) is 9.32. The maximum atomic E-state index is 13.6. The number of rotatable bonds is 8. The lowest BCUT2D eigenvalue weighted by Gasteiger charge is -2.12. The van der Waals surface area contributed by atoms with Crippen molar-refractivity contribution >= 4 is 5.91 Å². The number of benzene rings is 2. The fourth-order valence-corrected chi connectivity index (χ4v) is 2.85. The number of carbonyl (C=O) groups is 1. The standard InChI is InChI=1S/C21H21FN4O4/c1-30-12-6-11-23-19(27)18-20(28)25(14-15-7-5-8-16(22)13-15)21(29)26(24-18)17-9-3-2-4-10-17/h2-5,7-10,13H,6,11-12,14H2,1H3,(H,23,27). The van der Waals surface area contributed by atoms with Crippen LogP contribution in [-0.2, 0) is 11.3 Å². The third-order valence-corrected chi connectivity index (χ3v) is 4.32. The number of hydrogen-bond acceptors (Lipinski definition) is 5. The highest BCUT2D eigenvalue weighted by Gasteiger charge is 2.20. The van der Waals surface area contributed by atoms with Gasteiger partial charge in [0.2, 0.25) is 5.69 Å². The van der Waals surface area contributed by atoms with Crippen LogP contribution in [0.2, 0.25) is 0 Å². The molecule has 0 spiro atoms. The topological polar surface area (TPSA) is 95.2 Å². The zero-order valence-electron chi connectivity index (χ0n) is 16.4. The van der Waals surface area contributed by atoms with E-state index in [-0.39, 0.29) is 13.1 Å². The Hall–Kier alpha value is -3.59. The summed E-state index contributed by atoms with van der Waals surface area (Å²) in [6.45, 7) is 0.526. The van der Waals surface area contributed by atoms with Crippen molar-refractivity contribution in [3.05, 3.63) is 92.5 Å². The van der Waals surface area contributed by atoms with Gasteiger partial charge in [-0.1, -0.05) is 30.3 Å². The first kappa shape index (κ1) is 21.1. The van der Waals surface area contributed by atoms with Crippen molar-refractivity contribution in [3.63, 3.8) is 0 Å². The van der Waals surface area contributed by atoms with Crippen molar-refractivity contribution < 1.29 is 13.9 Å². The Morgan fingerprint density at radius 2 is 1.90 bits per heavy atom. The molecule has 9 heteroatoms. The molecule has 8 nitrogen and oxygen atoms in total. The predicted octanol–water partition coefficient (Wildman–Crippen LogP) is 1.35. The highest BCUT2D eigenvalue weighted by molar-refractivity contribution is 5.91. The van der Waals surface area contributed by atoms with E-state index in [0.29, 0.717) is 24.3 Å². The van der Waals surface area contributed by atoms with E-state index in [1.165, 1.54) is 18.2 Å². The summed E-state index contributed by atoms with van der Waals surface area (Å²) in [5.74, 6) is -1.19. The van der Waals surface area contributed by atoms with Crippen LogP contribution in [0.1, 0.15) is 22.5 Å². The summed E-state index contributed by atoms with van der Waals surface area (Å²) in [6, 6.07) is 14.0. The summed E-state index contributed by atoms with van der Waals surface area (Å²) in [7, 11) is 1.55. The molecule has 1 heterocycles. The molecular weight excluding hydrogens is 391 g/mol. The third-order valence-electron chi connectivity index (χ3n) is 4.32. The molecule has 0 aliphatic heterocycles. The fraction of sp³-hybridized carbons (Fsp3) is 0.238. The fourth-order valence-electron chi connectivity index (χ4n) is 2.85. The van der Waals surface area contributed by atoms with Crippen LogP contribution in [0.5, 0.6) is 0 Å². The zero-order valence-corrected chi connectivity index (χ0v) is 16.4. The average Bonchev–Trinajstić information content (AvgIpc) is 2.75. The van der Waals surface area contributed by atoms with Crippen molar-refractivity contribution in [2.45, 2.75) is 13.0 Å². The van der Waals surface area contributed by atoms with Crippen LogP contribution >= 0.6 is 0 Å². The summed E-state index contributed by atoms with van der Waals surface area (Å²) in [5.41, 5.74) is -1.20. The van der Waals surface area contributed by atoms with Crippen LogP contribution in [0.3, 0.4) is 0 Å². The number of aromatic nitrogens is 3. The summed E-state index contributed by atoms with van der Waals surface area (Å²) in [6.07, 6.45) is 0.554. The molecule has 2 aromatic carbocycles. The van der Waals surface area contributed by atoms with Crippen molar-refractivity contribution in [1.82, 2.24) is 19.7 Å². The summed E-state index contributed by atoms with van der Waals surface area (Å²) < 4.78 is 20.4. The number of amides is 1. The Morgan fingerprint density at radius 3 is 2.60 bits per heavy atom. The van der Waals surface area contributed by atoms with Crippen LogP contribution in [0.25, 0.3) is 5.69 Å². The monoisotopic (exact) mass is 412 g/mol. The Morgan fingerprint density at radius 1 is 1.13 bits per heavy atom. The maximum Gasteiger partial charge on any atom is 0.352 e. The van der Waals surface area contributed by atoms with Gasteiger partial charge in [0.15, 0.2) is 0 Å².